The molecule has 14 heavy (non-hydrogen) atoms. The summed E-state index contributed by atoms with van der Waals surface area (Å²) in [5.41, 5.74) is 1.04. The molecule has 0 bridgehead atoms. The van der Waals surface area contributed by atoms with Crippen molar-refractivity contribution >= 4 is 17.4 Å². The van der Waals surface area contributed by atoms with Gasteiger partial charge in [0.2, 0.25) is 0 Å². The lowest BCUT2D eigenvalue weighted by molar-refractivity contribution is -0.121. The maximum Gasteiger partial charge on any atom is 0.140 e. The number of ketones is 1. The molecule has 0 aliphatic rings. The Bertz CT molecular complexity index is 303. The Labute approximate surface area is 90.1 Å². The zero-order valence-corrected chi connectivity index (χ0v) is 9.34. The highest BCUT2D eigenvalue weighted by Crippen LogP contribution is 2.12. The van der Waals surface area contributed by atoms with Crippen LogP contribution in [0.15, 0.2) is 24.3 Å². The van der Waals surface area contributed by atoms with Crippen LogP contribution in [0.25, 0.3) is 0 Å². The second kappa shape index (κ2) is 5.16. The highest BCUT2D eigenvalue weighted by Gasteiger charge is 2.10. The van der Waals surface area contributed by atoms with Crippen LogP contribution in [0.1, 0.15) is 25.8 Å². The fraction of sp³-hybridized carbons (Fsp3) is 0.417. The van der Waals surface area contributed by atoms with E-state index in [1.807, 2.05) is 38.1 Å². The molecule has 0 spiro atoms. The Balaban J connectivity index is 2.60. The fourth-order valence-electron chi connectivity index (χ4n) is 1.21. The average Bonchev–Trinajstić information content (AvgIpc) is 2.20. The van der Waals surface area contributed by atoms with Crippen molar-refractivity contribution in [2.75, 3.05) is 0 Å². The second-order valence-corrected chi connectivity index (χ2v) is 4.02. The minimum atomic E-state index is 0.158. The predicted molar refractivity (Wildman–Crippen MR) is 59.6 cm³/mol. The summed E-state index contributed by atoms with van der Waals surface area (Å²) in [5.74, 6) is 0.459. The van der Waals surface area contributed by atoms with Gasteiger partial charge in [-0.2, -0.15) is 0 Å². The van der Waals surface area contributed by atoms with E-state index < -0.39 is 0 Å². The van der Waals surface area contributed by atoms with Crippen molar-refractivity contribution < 1.29 is 4.79 Å². The molecule has 0 aliphatic carbocycles. The van der Waals surface area contributed by atoms with Gasteiger partial charge in [-0.15, -0.1) is 0 Å². The predicted octanol–water partition coefficient (Wildman–Crippen LogP) is 3.50. The standard InChI is InChI=1S/C12H15ClO/c1-3-9(2)12(14)8-10-4-6-11(13)7-5-10/h4-7,9H,3,8H2,1-2H3. The molecule has 2 heteroatoms. The minimum absolute atomic E-state index is 0.158. The SMILES string of the molecule is CCC(C)C(=O)Cc1ccc(Cl)cc1. The number of halogens is 1. The lowest BCUT2D eigenvalue weighted by atomic mass is 9.98. The van der Waals surface area contributed by atoms with Gasteiger partial charge in [-0.1, -0.05) is 37.6 Å². The van der Waals surface area contributed by atoms with Crippen LogP contribution >= 0.6 is 11.6 Å². The van der Waals surface area contributed by atoms with Gasteiger partial charge in [-0.25, -0.2) is 0 Å². The Kier molecular flexibility index (Phi) is 4.15. The first-order chi connectivity index (χ1) is 6.63. The molecule has 0 saturated carbocycles. The topological polar surface area (TPSA) is 17.1 Å². The van der Waals surface area contributed by atoms with E-state index >= 15 is 0 Å². The smallest absolute Gasteiger partial charge is 0.140 e. The summed E-state index contributed by atoms with van der Waals surface area (Å²) >= 11 is 5.75. The molecule has 0 aliphatic heterocycles. The van der Waals surface area contributed by atoms with Crippen LogP contribution < -0.4 is 0 Å². The molecule has 0 heterocycles. The molecule has 0 saturated heterocycles. The van der Waals surface area contributed by atoms with Gasteiger partial charge in [0.05, 0.1) is 0 Å². The first kappa shape index (κ1) is 11.3. The van der Waals surface area contributed by atoms with E-state index in [2.05, 4.69) is 0 Å². The lowest BCUT2D eigenvalue weighted by Crippen LogP contribution is -2.12. The zero-order valence-electron chi connectivity index (χ0n) is 8.59. The van der Waals surface area contributed by atoms with E-state index in [1.54, 1.807) is 0 Å². The van der Waals surface area contributed by atoms with Crippen molar-refractivity contribution in [3.8, 4) is 0 Å². The molecule has 1 aromatic rings. The van der Waals surface area contributed by atoms with Crippen molar-refractivity contribution in [2.24, 2.45) is 5.92 Å². The number of carbonyl (C=O) groups excluding carboxylic acids is 1. The van der Waals surface area contributed by atoms with Crippen LogP contribution in [-0.4, -0.2) is 5.78 Å². The third kappa shape index (κ3) is 3.15. The molecule has 0 aromatic heterocycles. The second-order valence-electron chi connectivity index (χ2n) is 3.58. The van der Waals surface area contributed by atoms with Crippen LogP contribution in [0.2, 0.25) is 5.02 Å². The van der Waals surface area contributed by atoms with E-state index in [9.17, 15) is 4.79 Å². The van der Waals surface area contributed by atoms with E-state index in [-0.39, 0.29) is 5.92 Å². The number of benzene rings is 1. The van der Waals surface area contributed by atoms with Crippen molar-refractivity contribution in [1.82, 2.24) is 0 Å². The Morgan fingerprint density at radius 2 is 1.93 bits per heavy atom. The molecule has 0 radical (unpaired) electrons. The van der Waals surface area contributed by atoms with Crippen LogP contribution in [-0.2, 0) is 11.2 Å². The number of carbonyl (C=O) groups is 1. The Morgan fingerprint density at radius 1 is 1.36 bits per heavy atom. The van der Waals surface area contributed by atoms with Crippen LogP contribution in [0.4, 0.5) is 0 Å². The molecule has 1 nitrogen and oxygen atoms in total. The maximum atomic E-state index is 11.6. The zero-order chi connectivity index (χ0) is 10.6. The maximum absolute atomic E-state index is 11.6. The van der Waals surface area contributed by atoms with Gasteiger partial charge >= 0.3 is 0 Å². The summed E-state index contributed by atoms with van der Waals surface area (Å²) in [4.78, 5) is 11.6. The Morgan fingerprint density at radius 3 is 2.43 bits per heavy atom. The van der Waals surface area contributed by atoms with E-state index in [0.717, 1.165) is 12.0 Å². The molecular formula is C12H15ClO. The van der Waals surface area contributed by atoms with Gasteiger partial charge in [-0.3, -0.25) is 4.79 Å². The fourth-order valence-corrected chi connectivity index (χ4v) is 1.33. The number of hydrogen-bond acceptors (Lipinski definition) is 1. The number of Topliss-reactive ketones (excluding diaryl/α,β-unsaturated/α-hetero) is 1. The monoisotopic (exact) mass is 210 g/mol. The van der Waals surface area contributed by atoms with E-state index in [4.69, 9.17) is 11.6 Å². The van der Waals surface area contributed by atoms with Gasteiger partial charge in [0.25, 0.3) is 0 Å². The molecule has 1 aromatic carbocycles. The van der Waals surface area contributed by atoms with Crippen LogP contribution in [0, 0.1) is 5.92 Å². The summed E-state index contributed by atoms with van der Waals surface area (Å²) in [7, 11) is 0. The highest BCUT2D eigenvalue weighted by atomic mass is 35.5. The molecule has 1 unspecified atom stereocenters. The largest absolute Gasteiger partial charge is 0.299 e. The van der Waals surface area contributed by atoms with Crippen LogP contribution in [0.5, 0.6) is 0 Å². The van der Waals surface area contributed by atoms with Gasteiger partial charge in [0.15, 0.2) is 0 Å². The van der Waals surface area contributed by atoms with Gasteiger partial charge in [0, 0.05) is 17.4 Å². The first-order valence-electron chi connectivity index (χ1n) is 4.90. The number of rotatable bonds is 4. The van der Waals surface area contributed by atoms with E-state index in [1.165, 1.54) is 0 Å². The summed E-state index contributed by atoms with van der Waals surface area (Å²) in [6.45, 7) is 4.00. The van der Waals surface area contributed by atoms with Gasteiger partial charge in [-0.05, 0) is 24.1 Å². The van der Waals surface area contributed by atoms with Crippen molar-refractivity contribution in [3.05, 3.63) is 34.9 Å². The molecule has 0 fully saturated rings. The molecule has 0 N–H and O–H groups in total. The molecular weight excluding hydrogens is 196 g/mol. The van der Waals surface area contributed by atoms with E-state index in [0.29, 0.717) is 17.2 Å². The average molecular weight is 211 g/mol. The van der Waals surface area contributed by atoms with Gasteiger partial charge < -0.3 is 0 Å². The van der Waals surface area contributed by atoms with Crippen molar-refractivity contribution in [1.29, 1.82) is 0 Å². The summed E-state index contributed by atoms with van der Waals surface area (Å²) in [6, 6.07) is 7.45. The Hall–Kier alpha value is -0.820. The highest BCUT2D eigenvalue weighted by molar-refractivity contribution is 6.30. The summed E-state index contributed by atoms with van der Waals surface area (Å²) in [5, 5.41) is 0.713. The normalized spacial score (nSPS) is 12.5. The molecule has 1 atom stereocenters. The van der Waals surface area contributed by atoms with Crippen molar-refractivity contribution in [2.45, 2.75) is 26.7 Å². The van der Waals surface area contributed by atoms with Crippen LogP contribution in [0.3, 0.4) is 0 Å². The minimum Gasteiger partial charge on any atom is -0.299 e. The summed E-state index contributed by atoms with van der Waals surface area (Å²) in [6.07, 6.45) is 1.43. The third-order valence-electron chi connectivity index (χ3n) is 2.45. The molecule has 76 valence electrons. The third-order valence-corrected chi connectivity index (χ3v) is 2.71. The first-order valence-corrected chi connectivity index (χ1v) is 5.28. The molecule has 0 amide bonds. The van der Waals surface area contributed by atoms with Crippen molar-refractivity contribution in [3.63, 3.8) is 0 Å². The quantitative estimate of drug-likeness (QED) is 0.744. The number of hydrogen-bond donors (Lipinski definition) is 0. The van der Waals surface area contributed by atoms with Gasteiger partial charge in [0.1, 0.15) is 5.78 Å². The molecule has 1 rings (SSSR count). The lowest BCUT2D eigenvalue weighted by Gasteiger charge is -2.06. The summed E-state index contributed by atoms with van der Waals surface area (Å²) < 4.78 is 0.